The van der Waals surface area contributed by atoms with Gasteiger partial charge < -0.3 is 15.9 Å². The molecule has 1 fully saturated rings. The van der Waals surface area contributed by atoms with E-state index in [1.807, 2.05) is 31.2 Å². The zero-order chi connectivity index (χ0) is 13.2. The monoisotopic (exact) mass is 250 g/mol. The van der Waals surface area contributed by atoms with Gasteiger partial charge in [0.25, 0.3) is 0 Å². The van der Waals surface area contributed by atoms with E-state index in [4.69, 9.17) is 5.73 Å². The average Bonchev–Trinajstić information content (AvgIpc) is 2.68. The van der Waals surface area contributed by atoms with Gasteiger partial charge in [0, 0.05) is 26.2 Å². The highest BCUT2D eigenvalue weighted by molar-refractivity contribution is 5.24. The summed E-state index contributed by atoms with van der Waals surface area (Å²) in [5, 5.41) is 20.0. The molecule has 4 nitrogen and oxygen atoms in total. The van der Waals surface area contributed by atoms with Crippen LogP contribution in [0.1, 0.15) is 30.6 Å². The van der Waals surface area contributed by atoms with Crippen LogP contribution < -0.4 is 5.73 Å². The van der Waals surface area contributed by atoms with Gasteiger partial charge in [-0.05, 0) is 24.5 Å². The number of rotatable bonds is 4. The predicted octanol–water partition coefficient (Wildman–Crippen LogP) is 0.635. The van der Waals surface area contributed by atoms with Crippen LogP contribution in [0.3, 0.4) is 0 Å². The van der Waals surface area contributed by atoms with Crippen molar-refractivity contribution in [2.45, 2.75) is 31.6 Å². The van der Waals surface area contributed by atoms with Gasteiger partial charge in [-0.15, -0.1) is 0 Å². The topological polar surface area (TPSA) is 69.7 Å². The van der Waals surface area contributed by atoms with Gasteiger partial charge in [0.15, 0.2) is 0 Å². The van der Waals surface area contributed by atoms with E-state index in [1.54, 1.807) is 0 Å². The highest BCUT2D eigenvalue weighted by Gasteiger charge is 2.32. The lowest BCUT2D eigenvalue weighted by Gasteiger charge is -2.22. The maximum Gasteiger partial charge on any atom is 0.0916 e. The van der Waals surface area contributed by atoms with Crippen LogP contribution in [0.4, 0.5) is 0 Å². The Balaban J connectivity index is 1.93. The molecule has 0 saturated carbocycles. The van der Waals surface area contributed by atoms with E-state index in [9.17, 15) is 10.2 Å². The molecule has 4 N–H and O–H groups in total. The molecule has 0 amide bonds. The highest BCUT2D eigenvalue weighted by atomic mass is 16.3. The number of likely N-dealkylation sites (tertiary alicyclic amines) is 1. The minimum Gasteiger partial charge on any atom is -0.389 e. The first-order valence-corrected chi connectivity index (χ1v) is 6.42. The molecule has 2 rings (SSSR count). The van der Waals surface area contributed by atoms with Crippen molar-refractivity contribution in [2.75, 3.05) is 19.6 Å². The van der Waals surface area contributed by atoms with Crippen LogP contribution in [0.15, 0.2) is 24.3 Å². The van der Waals surface area contributed by atoms with E-state index in [2.05, 4.69) is 4.90 Å². The molecule has 0 aromatic heterocycles. The van der Waals surface area contributed by atoms with Gasteiger partial charge in [0.05, 0.1) is 11.7 Å². The van der Waals surface area contributed by atoms with Crippen molar-refractivity contribution >= 4 is 0 Å². The van der Waals surface area contributed by atoms with Crippen molar-refractivity contribution in [1.29, 1.82) is 0 Å². The van der Waals surface area contributed by atoms with Gasteiger partial charge in [-0.1, -0.05) is 24.3 Å². The Morgan fingerprint density at radius 2 is 2.06 bits per heavy atom. The lowest BCUT2D eigenvalue weighted by molar-refractivity contribution is 0.0581. The van der Waals surface area contributed by atoms with Gasteiger partial charge in [-0.3, -0.25) is 4.90 Å². The zero-order valence-corrected chi connectivity index (χ0v) is 10.8. The zero-order valence-electron chi connectivity index (χ0n) is 10.8. The van der Waals surface area contributed by atoms with Crippen molar-refractivity contribution in [3.63, 3.8) is 0 Å². The van der Waals surface area contributed by atoms with Gasteiger partial charge in [-0.2, -0.15) is 0 Å². The summed E-state index contributed by atoms with van der Waals surface area (Å²) in [6.45, 7) is 4.40. The van der Waals surface area contributed by atoms with Crippen LogP contribution in [0.5, 0.6) is 0 Å². The standard InChI is InChI=1S/C14H22N2O2/c1-14(18)6-7-16(10-14)9-13(17)12-4-2-11(8-15)3-5-12/h2-5,13,17-18H,6-10,15H2,1H3. The molecule has 1 saturated heterocycles. The molecule has 0 bridgehead atoms. The second-order valence-corrected chi connectivity index (χ2v) is 5.44. The second kappa shape index (κ2) is 5.36. The Morgan fingerprint density at radius 3 is 2.56 bits per heavy atom. The van der Waals surface area contributed by atoms with Crippen molar-refractivity contribution < 1.29 is 10.2 Å². The molecule has 2 unspecified atom stereocenters. The minimum atomic E-state index is -0.608. The molecule has 4 heteroatoms. The fourth-order valence-electron chi connectivity index (χ4n) is 2.42. The Hall–Kier alpha value is -0.940. The molecular formula is C14H22N2O2. The van der Waals surface area contributed by atoms with Crippen molar-refractivity contribution in [1.82, 2.24) is 4.90 Å². The fraction of sp³-hybridized carbons (Fsp3) is 0.571. The number of benzene rings is 1. The lowest BCUT2D eigenvalue weighted by Crippen LogP contribution is -2.32. The predicted molar refractivity (Wildman–Crippen MR) is 71.0 cm³/mol. The first-order valence-electron chi connectivity index (χ1n) is 6.42. The van der Waals surface area contributed by atoms with E-state index in [0.29, 0.717) is 19.6 Å². The smallest absolute Gasteiger partial charge is 0.0916 e. The number of aliphatic hydroxyl groups excluding tert-OH is 1. The summed E-state index contributed by atoms with van der Waals surface area (Å²) in [5.74, 6) is 0. The maximum atomic E-state index is 10.2. The molecule has 0 spiro atoms. The van der Waals surface area contributed by atoms with Crippen LogP contribution in [0.25, 0.3) is 0 Å². The van der Waals surface area contributed by atoms with E-state index >= 15 is 0 Å². The Kier molecular flexibility index (Phi) is 4.02. The largest absolute Gasteiger partial charge is 0.389 e. The summed E-state index contributed by atoms with van der Waals surface area (Å²) >= 11 is 0. The molecule has 0 radical (unpaired) electrons. The molecule has 1 aliphatic rings. The molecule has 100 valence electrons. The fourth-order valence-corrected chi connectivity index (χ4v) is 2.42. The second-order valence-electron chi connectivity index (χ2n) is 5.44. The van der Waals surface area contributed by atoms with E-state index < -0.39 is 11.7 Å². The van der Waals surface area contributed by atoms with Crippen molar-refractivity contribution in [3.8, 4) is 0 Å². The van der Waals surface area contributed by atoms with Crippen molar-refractivity contribution in [3.05, 3.63) is 35.4 Å². The van der Waals surface area contributed by atoms with Crippen LogP contribution >= 0.6 is 0 Å². The first kappa shape index (κ1) is 13.5. The number of hydrogen-bond donors (Lipinski definition) is 3. The minimum absolute atomic E-state index is 0.509. The number of nitrogens with zero attached hydrogens (tertiary/aromatic N) is 1. The van der Waals surface area contributed by atoms with Crippen LogP contribution in [-0.2, 0) is 6.54 Å². The Morgan fingerprint density at radius 1 is 1.39 bits per heavy atom. The molecule has 0 aliphatic carbocycles. The van der Waals surface area contributed by atoms with Crippen molar-refractivity contribution in [2.24, 2.45) is 5.73 Å². The number of β-amino-alcohol motifs (C(OH)–C–C–N with tert-alkyl or cyclic N) is 2. The third-order valence-corrected chi connectivity index (χ3v) is 3.56. The maximum absolute atomic E-state index is 10.2. The quantitative estimate of drug-likeness (QED) is 0.733. The van der Waals surface area contributed by atoms with E-state index in [1.165, 1.54) is 0 Å². The summed E-state index contributed by atoms with van der Waals surface area (Å²) in [4.78, 5) is 2.10. The number of aliphatic hydroxyl groups is 2. The van der Waals surface area contributed by atoms with Crippen LogP contribution in [0.2, 0.25) is 0 Å². The van der Waals surface area contributed by atoms with Gasteiger partial charge in [0.1, 0.15) is 0 Å². The van der Waals surface area contributed by atoms with Crippen LogP contribution in [-0.4, -0.2) is 40.3 Å². The highest BCUT2D eigenvalue weighted by Crippen LogP contribution is 2.23. The molecule has 1 aromatic rings. The summed E-state index contributed by atoms with van der Waals surface area (Å²) in [6, 6.07) is 7.72. The van der Waals surface area contributed by atoms with Gasteiger partial charge in [0.2, 0.25) is 0 Å². The Bertz CT molecular complexity index is 389. The molecule has 2 atom stereocenters. The van der Waals surface area contributed by atoms with Gasteiger partial charge in [-0.25, -0.2) is 0 Å². The molecular weight excluding hydrogens is 228 g/mol. The lowest BCUT2D eigenvalue weighted by atomic mass is 10.1. The summed E-state index contributed by atoms with van der Waals surface area (Å²) in [5.41, 5.74) is 6.90. The summed E-state index contributed by atoms with van der Waals surface area (Å²) < 4.78 is 0. The molecule has 18 heavy (non-hydrogen) atoms. The number of nitrogens with two attached hydrogens (primary N) is 1. The average molecular weight is 250 g/mol. The number of hydrogen-bond acceptors (Lipinski definition) is 4. The third-order valence-electron chi connectivity index (χ3n) is 3.56. The Labute approximate surface area is 108 Å². The van der Waals surface area contributed by atoms with E-state index in [0.717, 1.165) is 24.1 Å². The first-order chi connectivity index (χ1) is 8.50. The molecule has 1 aliphatic heterocycles. The summed E-state index contributed by atoms with van der Waals surface area (Å²) in [6.07, 6.45) is 0.261. The summed E-state index contributed by atoms with van der Waals surface area (Å²) in [7, 11) is 0. The van der Waals surface area contributed by atoms with E-state index in [-0.39, 0.29) is 0 Å². The van der Waals surface area contributed by atoms with Gasteiger partial charge >= 0.3 is 0 Å². The molecule has 1 heterocycles. The SMILES string of the molecule is CC1(O)CCN(CC(O)c2ccc(CN)cc2)C1. The third kappa shape index (κ3) is 3.29. The normalized spacial score (nSPS) is 26.4. The van der Waals surface area contributed by atoms with Crippen LogP contribution in [0, 0.1) is 0 Å². The molecule has 1 aromatic carbocycles.